The number of carbonyl (C=O) groups is 3. The molecular weight excluding hydrogens is 909 g/mol. The Balaban J connectivity index is 1.46. The van der Waals surface area contributed by atoms with Gasteiger partial charge in [-0.05, 0) is 93.1 Å². The third-order valence-electron chi connectivity index (χ3n) is 15.2. The number of cyclic esters (lactones) is 1. The highest BCUT2D eigenvalue weighted by molar-refractivity contribution is 6.51. The van der Waals surface area contributed by atoms with Gasteiger partial charge in [-0.2, -0.15) is 10.1 Å². The average Bonchev–Trinajstić information content (AvgIpc) is 3.56. The lowest BCUT2D eigenvalue weighted by atomic mass is 9.73. The Morgan fingerprint density at radius 2 is 1.65 bits per heavy atom. The van der Waals surface area contributed by atoms with E-state index in [-0.39, 0.29) is 48.8 Å². The second-order valence-electron chi connectivity index (χ2n) is 20.3. The molecule has 0 radical (unpaired) electrons. The van der Waals surface area contributed by atoms with E-state index in [1.807, 2.05) is 32.8 Å². The fraction of sp³-hybridized carbons (Fsp3) is 0.755. The summed E-state index contributed by atoms with van der Waals surface area (Å²) in [4.78, 5) is 46.1. The first-order valence-corrected chi connectivity index (χ1v) is 24.1. The highest BCUT2D eigenvalue weighted by atomic mass is 35.5. The van der Waals surface area contributed by atoms with E-state index in [0.29, 0.717) is 23.3 Å². The van der Waals surface area contributed by atoms with Crippen molar-refractivity contribution in [3.8, 4) is 5.75 Å². The fourth-order valence-electron chi connectivity index (χ4n) is 11.0. The zero-order valence-corrected chi connectivity index (χ0v) is 42.7. The molecule has 5 aliphatic heterocycles. The van der Waals surface area contributed by atoms with E-state index in [1.54, 1.807) is 55.4 Å². The van der Waals surface area contributed by atoms with Gasteiger partial charge in [0.1, 0.15) is 48.3 Å². The van der Waals surface area contributed by atoms with Gasteiger partial charge in [-0.1, -0.05) is 39.3 Å². The van der Waals surface area contributed by atoms with Crippen LogP contribution in [-0.4, -0.2) is 163 Å². The predicted octanol–water partition coefficient (Wildman–Crippen LogP) is 6.07. The van der Waals surface area contributed by atoms with Gasteiger partial charge in [0.05, 0.1) is 52.8 Å². The van der Waals surface area contributed by atoms with E-state index >= 15 is 4.79 Å². The Morgan fingerprint density at radius 3 is 2.28 bits per heavy atom. The number of aliphatic hydroxyl groups excluding tert-OH is 2. The number of nitrogens with zero attached hydrogens (tertiary/aromatic N) is 3. The molecule has 0 spiro atoms. The van der Waals surface area contributed by atoms with Crippen LogP contribution in [0.15, 0.2) is 28.9 Å². The maximum Gasteiger partial charge on any atom is 0.431 e. The minimum Gasteiger partial charge on any atom is -0.488 e. The molecule has 6 rings (SSSR count). The van der Waals surface area contributed by atoms with Gasteiger partial charge in [0.2, 0.25) is 0 Å². The number of hydrazone groups is 1. The van der Waals surface area contributed by atoms with Crippen LogP contribution in [0.4, 0.5) is 9.18 Å². The summed E-state index contributed by atoms with van der Waals surface area (Å²) < 4.78 is 71.4. The van der Waals surface area contributed by atoms with Crippen molar-refractivity contribution in [2.45, 2.75) is 179 Å². The average molecular weight is 983 g/mol. The fourth-order valence-corrected chi connectivity index (χ4v) is 11.3. The number of Topliss-reactive ketones (excluding diaryl/α,β-unsaturated/α-hetero) is 1. The molecule has 0 aromatic heterocycles. The molecule has 5 heterocycles. The van der Waals surface area contributed by atoms with E-state index < -0.39 is 114 Å². The first-order valence-electron chi connectivity index (χ1n) is 23.7. The van der Waals surface area contributed by atoms with Crippen LogP contribution < -0.4 is 4.74 Å². The molecule has 18 atom stereocenters. The first-order chi connectivity index (χ1) is 31.8. The lowest BCUT2D eigenvalue weighted by Crippen LogP contribution is -2.61. The summed E-state index contributed by atoms with van der Waals surface area (Å²) in [7, 11) is 6.74. The molecule has 2 N–H and O–H groups in total. The minimum atomic E-state index is -1.64. The molecule has 8 unspecified atom stereocenters. The van der Waals surface area contributed by atoms with Gasteiger partial charge >= 0.3 is 12.1 Å². The Labute approximate surface area is 404 Å². The summed E-state index contributed by atoms with van der Waals surface area (Å²) in [5, 5.41) is 28.7. The maximum atomic E-state index is 15.1. The summed E-state index contributed by atoms with van der Waals surface area (Å²) in [5.41, 5.74) is -3.41. The van der Waals surface area contributed by atoms with Crippen molar-refractivity contribution >= 4 is 40.7 Å². The summed E-state index contributed by atoms with van der Waals surface area (Å²) in [6.07, 6.45) is -7.27. The summed E-state index contributed by atoms with van der Waals surface area (Å²) in [6, 6.07) is 2.50. The van der Waals surface area contributed by atoms with Crippen LogP contribution >= 0.6 is 11.6 Å². The minimum absolute atomic E-state index is 0.0430. The number of methoxy groups -OCH3 is 2. The van der Waals surface area contributed by atoms with Gasteiger partial charge in [-0.25, -0.2) is 9.18 Å². The van der Waals surface area contributed by atoms with Crippen LogP contribution in [-0.2, 0) is 47.5 Å². The van der Waals surface area contributed by atoms with Crippen LogP contribution in [0.5, 0.6) is 5.75 Å². The van der Waals surface area contributed by atoms with Crippen molar-refractivity contribution < 1.29 is 71.6 Å². The third-order valence-corrected chi connectivity index (χ3v) is 15.6. The second-order valence-corrected chi connectivity index (χ2v) is 20.7. The number of ether oxygens (including phenoxy) is 9. The van der Waals surface area contributed by atoms with E-state index in [9.17, 15) is 24.2 Å². The van der Waals surface area contributed by atoms with Crippen LogP contribution in [0.1, 0.15) is 100 Å². The molecular formula is C49H73ClFN3O14. The number of halogens is 2. The largest absolute Gasteiger partial charge is 0.488 e. The third kappa shape index (κ3) is 10.5. The molecule has 4 fully saturated rings. The van der Waals surface area contributed by atoms with Crippen molar-refractivity contribution in [2.75, 3.05) is 34.9 Å². The standard InChI is InChI=1S/C49H73ClFN3O14/c1-15-35-49(10)41(54(46(59)68-49)52-22-30-23-62-34-17-16-31(51)19-32(34)37(30)50)26(4)38(55)24(2)20-48(9,61-14)43(67-45-39(56)33(53(11)12)18-25(3)63-45)27(5)40(28(6)44(58)65-35)66-36-21-47(8,60-13)42(57)29(7)64-36/h16-17,19,22,24-29,33,35-36,39-43,45,56-57H,15,18,20-21,23H2,1-14H3/b52-22+/t24-,25?,26+,27+,28-,29?,33?,35-,36?,39?,40+,41-,42?,43-,45?,47?,48-,49-/m1/s1. The molecule has 17 nitrogen and oxygen atoms in total. The smallest absolute Gasteiger partial charge is 0.431 e. The molecule has 5 aliphatic rings. The van der Waals surface area contributed by atoms with E-state index in [0.717, 1.165) is 5.01 Å². The van der Waals surface area contributed by atoms with Gasteiger partial charge in [-0.3, -0.25) is 9.59 Å². The molecule has 0 aliphatic carbocycles. The number of amides is 1. The van der Waals surface area contributed by atoms with Crippen molar-refractivity contribution in [2.24, 2.45) is 28.8 Å². The lowest BCUT2D eigenvalue weighted by Gasteiger charge is -2.50. The molecule has 68 heavy (non-hydrogen) atoms. The Hall–Kier alpha value is -3.30. The highest BCUT2D eigenvalue weighted by Crippen LogP contribution is 2.45. The summed E-state index contributed by atoms with van der Waals surface area (Å²) >= 11 is 6.75. The number of hydrogen-bond donors (Lipinski definition) is 2. The zero-order chi connectivity index (χ0) is 50.4. The summed E-state index contributed by atoms with van der Waals surface area (Å²) in [6.45, 7) is 17.5. The normalized spacial score (nSPS) is 42.1. The number of rotatable bonds is 10. The Morgan fingerprint density at radius 1 is 0.971 bits per heavy atom. The highest BCUT2D eigenvalue weighted by Gasteiger charge is 2.61. The van der Waals surface area contributed by atoms with Gasteiger partial charge < -0.3 is 57.7 Å². The van der Waals surface area contributed by atoms with Crippen molar-refractivity contribution in [1.82, 2.24) is 9.91 Å². The SMILES string of the molecule is CC[C@H]1OC(=O)[C@H](C)[C@@H](OC2CC(C)(OC)C(O)C(C)O2)[C@H](C)[C@@H](OC2OC(C)CC(N(C)C)C2O)[C@](C)(OC)C[C@@H](C)C(=O)[C@H](C)[C@H]2N(/N=C/C3=C(Cl)c4cc(F)ccc4OC3)C(=O)O[C@]12C. The monoisotopic (exact) mass is 981 g/mol. The second kappa shape index (κ2) is 21.2. The van der Waals surface area contributed by atoms with Crippen LogP contribution in [0, 0.1) is 29.5 Å². The van der Waals surface area contributed by atoms with E-state index in [2.05, 4.69) is 5.10 Å². The van der Waals surface area contributed by atoms with E-state index in [1.165, 1.54) is 38.6 Å². The predicted molar refractivity (Wildman–Crippen MR) is 248 cm³/mol. The number of likely N-dealkylation sites (N-methyl/N-ethyl adjacent to an activating group) is 1. The van der Waals surface area contributed by atoms with Crippen LogP contribution in [0.2, 0.25) is 0 Å². The van der Waals surface area contributed by atoms with Crippen molar-refractivity contribution in [3.63, 3.8) is 0 Å². The van der Waals surface area contributed by atoms with Gasteiger partial charge in [0, 0.05) is 55.6 Å². The van der Waals surface area contributed by atoms with Crippen LogP contribution in [0.25, 0.3) is 5.03 Å². The zero-order valence-electron chi connectivity index (χ0n) is 41.9. The number of aliphatic hydroxyl groups is 2. The molecule has 1 amide bonds. The number of ketones is 1. The first kappa shape index (κ1) is 54.0. The van der Waals surface area contributed by atoms with Gasteiger partial charge in [0.25, 0.3) is 0 Å². The number of benzene rings is 1. The topological polar surface area (TPSA) is 194 Å². The molecule has 1 aromatic rings. The maximum absolute atomic E-state index is 15.1. The number of carbonyl (C=O) groups excluding carboxylic acids is 3. The van der Waals surface area contributed by atoms with Gasteiger partial charge in [0.15, 0.2) is 18.2 Å². The number of esters is 1. The molecule has 4 saturated heterocycles. The Bertz CT molecular complexity index is 2060. The van der Waals surface area contributed by atoms with Gasteiger partial charge in [-0.15, -0.1) is 0 Å². The lowest BCUT2D eigenvalue weighted by molar-refractivity contribution is -0.319. The molecule has 382 valence electrons. The van der Waals surface area contributed by atoms with E-state index in [4.69, 9.17) is 54.2 Å². The van der Waals surface area contributed by atoms with Crippen molar-refractivity contribution in [3.05, 3.63) is 35.2 Å². The number of hydrogen-bond acceptors (Lipinski definition) is 16. The molecule has 0 bridgehead atoms. The molecule has 1 aromatic carbocycles. The molecule has 0 saturated carbocycles. The Kier molecular flexibility index (Phi) is 16.8. The van der Waals surface area contributed by atoms with Crippen LogP contribution in [0.3, 0.4) is 0 Å². The quantitative estimate of drug-likeness (QED) is 0.202. The number of fused-ring (bicyclic) bond motifs is 2. The summed E-state index contributed by atoms with van der Waals surface area (Å²) in [5.74, 6) is -4.75. The van der Waals surface area contributed by atoms with Crippen molar-refractivity contribution in [1.29, 1.82) is 0 Å². The molecule has 19 heteroatoms.